The van der Waals surface area contributed by atoms with Crippen LogP contribution in [0, 0.1) is 0 Å². The Morgan fingerprint density at radius 1 is 1.00 bits per heavy atom. The molecule has 32 heavy (non-hydrogen) atoms. The Bertz CT molecular complexity index is 1350. The number of aromatic nitrogens is 4. The number of Topliss-reactive ketones (excluding diaryl/α,β-unsaturated/α-hetero) is 1. The molecule has 0 radical (unpaired) electrons. The highest BCUT2D eigenvalue weighted by atomic mass is 32.2. The molecule has 0 atom stereocenters. The Hall–Kier alpha value is -3.78. The number of hydrogen-bond donors (Lipinski definition) is 1. The van der Waals surface area contributed by atoms with E-state index < -0.39 is 0 Å². The topological polar surface area (TPSA) is 89.8 Å². The summed E-state index contributed by atoms with van der Waals surface area (Å²) in [5.41, 5.74) is 6.91. The molecule has 7 nitrogen and oxygen atoms in total. The van der Waals surface area contributed by atoms with Crippen molar-refractivity contribution in [2.75, 3.05) is 11.1 Å². The lowest BCUT2D eigenvalue weighted by Gasteiger charge is -2.08. The van der Waals surface area contributed by atoms with Crippen molar-refractivity contribution in [2.24, 2.45) is 0 Å². The number of tetrazole rings is 1. The maximum absolute atomic E-state index is 12.9. The molecule has 1 aromatic heterocycles. The monoisotopic (exact) mass is 441 g/mol. The van der Waals surface area contributed by atoms with Crippen LogP contribution in [-0.2, 0) is 11.2 Å². The minimum absolute atomic E-state index is 0.0173. The predicted octanol–water partition coefficient (Wildman–Crippen LogP) is 4.17. The van der Waals surface area contributed by atoms with Crippen LogP contribution in [0.25, 0.3) is 16.8 Å². The van der Waals surface area contributed by atoms with Crippen molar-refractivity contribution < 1.29 is 9.59 Å². The number of rotatable bonds is 6. The molecule has 1 heterocycles. The largest absolute Gasteiger partial charge is 0.326 e. The Labute approximate surface area is 188 Å². The van der Waals surface area contributed by atoms with Gasteiger partial charge in [0.05, 0.1) is 11.4 Å². The maximum Gasteiger partial charge on any atom is 0.221 e. The molecule has 1 aliphatic rings. The smallest absolute Gasteiger partial charge is 0.221 e. The molecule has 0 bridgehead atoms. The molecule has 158 valence electrons. The van der Waals surface area contributed by atoms with E-state index in [0.29, 0.717) is 22.1 Å². The molecule has 1 amide bonds. The number of thioether (sulfide) groups is 1. The molecule has 3 aromatic carbocycles. The third-order valence-corrected chi connectivity index (χ3v) is 6.22. The number of fused-ring (bicyclic) bond motifs is 3. The highest BCUT2D eigenvalue weighted by Gasteiger charge is 2.20. The van der Waals surface area contributed by atoms with Crippen molar-refractivity contribution in [3.8, 4) is 16.8 Å². The molecule has 0 aliphatic heterocycles. The van der Waals surface area contributed by atoms with Crippen LogP contribution >= 0.6 is 11.8 Å². The number of amides is 1. The Morgan fingerprint density at radius 2 is 1.84 bits per heavy atom. The number of carbonyl (C=O) groups excluding carboxylic acids is 2. The number of ketones is 1. The van der Waals surface area contributed by atoms with Gasteiger partial charge < -0.3 is 5.32 Å². The summed E-state index contributed by atoms with van der Waals surface area (Å²) in [6.45, 7) is 1.45. The van der Waals surface area contributed by atoms with Crippen LogP contribution in [0.15, 0.2) is 71.9 Å². The van der Waals surface area contributed by atoms with E-state index in [-0.39, 0.29) is 17.4 Å². The summed E-state index contributed by atoms with van der Waals surface area (Å²) >= 11 is 1.28. The van der Waals surface area contributed by atoms with E-state index in [1.165, 1.54) is 35.4 Å². The Balaban J connectivity index is 1.33. The van der Waals surface area contributed by atoms with Gasteiger partial charge in [0.15, 0.2) is 5.78 Å². The van der Waals surface area contributed by atoms with E-state index in [2.05, 4.69) is 33.0 Å². The second kappa shape index (κ2) is 8.39. The average molecular weight is 442 g/mol. The zero-order chi connectivity index (χ0) is 22.1. The second-order valence-electron chi connectivity index (χ2n) is 7.52. The van der Waals surface area contributed by atoms with Gasteiger partial charge in [0.1, 0.15) is 0 Å². The van der Waals surface area contributed by atoms with Crippen molar-refractivity contribution in [2.45, 2.75) is 18.5 Å². The number of benzene rings is 3. The van der Waals surface area contributed by atoms with Gasteiger partial charge in [0.2, 0.25) is 11.1 Å². The first kappa shape index (κ1) is 20.1. The fraction of sp³-hybridized carbons (Fsp3) is 0.125. The summed E-state index contributed by atoms with van der Waals surface area (Å²) in [6.07, 6.45) is 0.904. The van der Waals surface area contributed by atoms with E-state index in [9.17, 15) is 9.59 Å². The van der Waals surface area contributed by atoms with Crippen LogP contribution in [0.5, 0.6) is 0 Å². The molecule has 0 saturated heterocycles. The van der Waals surface area contributed by atoms with Crippen LogP contribution in [0.2, 0.25) is 0 Å². The van der Waals surface area contributed by atoms with Crippen molar-refractivity contribution in [3.05, 3.63) is 83.4 Å². The molecule has 0 fully saturated rings. The number of nitrogens with one attached hydrogen (secondary N) is 1. The lowest BCUT2D eigenvalue weighted by molar-refractivity contribution is -0.114. The second-order valence-corrected chi connectivity index (χ2v) is 8.46. The number of hydrogen-bond acceptors (Lipinski definition) is 6. The van der Waals surface area contributed by atoms with Gasteiger partial charge in [-0.15, -0.1) is 5.10 Å². The highest BCUT2D eigenvalue weighted by Crippen LogP contribution is 2.37. The molecule has 1 aliphatic carbocycles. The quantitative estimate of drug-likeness (QED) is 0.314. The molecule has 1 N–H and O–H groups in total. The number of anilines is 1. The van der Waals surface area contributed by atoms with Gasteiger partial charge in [-0.2, -0.15) is 4.68 Å². The average Bonchev–Trinajstić information content (AvgIpc) is 3.41. The van der Waals surface area contributed by atoms with Crippen molar-refractivity contribution in [1.29, 1.82) is 0 Å². The van der Waals surface area contributed by atoms with Crippen molar-refractivity contribution >= 4 is 29.1 Å². The fourth-order valence-corrected chi connectivity index (χ4v) is 4.65. The van der Waals surface area contributed by atoms with Gasteiger partial charge in [-0.1, -0.05) is 54.2 Å². The molecular weight excluding hydrogens is 422 g/mol. The summed E-state index contributed by atoms with van der Waals surface area (Å²) in [6, 6.07) is 21.5. The van der Waals surface area contributed by atoms with Crippen LogP contribution in [0.1, 0.15) is 28.4 Å². The van der Waals surface area contributed by atoms with E-state index in [1.54, 1.807) is 16.8 Å². The first-order valence-electron chi connectivity index (χ1n) is 10.1. The minimum Gasteiger partial charge on any atom is -0.326 e. The fourth-order valence-electron chi connectivity index (χ4n) is 3.86. The van der Waals surface area contributed by atoms with Gasteiger partial charge in [-0.05, 0) is 63.4 Å². The third-order valence-electron chi connectivity index (χ3n) is 5.30. The van der Waals surface area contributed by atoms with Gasteiger partial charge in [-0.25, -0.2) is 0 Å². The van der Waals surface area contributed by atoms with E-state index in [0.717, 1.165) is 12.0 Å². The highest BCUT2D eigenvalue weighted by molar-refractivity contribution is 7.99. The molecule has 8 heteroatoms. The van der Waals surface area contributed by atoms with Crippen molar-refractivity contribution in [3.63, 3.8) is 0 Å². The lowest BCUT2D eigenvalue weighted by atomic mass is 10.0. The molecule has 4 aromatic rings. The first-order valence-corrected chi connectivity index (χ1v) is 11.1. The molecule has 0 saturated carbocycles. The van der Waals surface area contributed by atoms with Crippen LogP contribution in [0.4, 0.5) is 5.69 Å². The summed E-state index contributed by atoms with van der Waals surface area (Å²) < 4.78 is 1.56. The minimum atomic E-state index is -0.156. The van der Waals surface area contributed by atoms with Gasteiger partial charge in [0.25, 0.3) is 0 Å². The summed E-state index contributed by atoms with van der Waals surface area (Å²) in [5, 5.41) is 15.1. The Kier molecular flexibility index (Phi) is 5.28. The normalized spacial score (nSPS) is 11.7. The molecular formula is C24H19N5O2S. The van der Waals surface area contributed by atoms with Gasteiger partial charge in [0, 0.05) is 18.2 Å². The van der Waals surface area contributed by atoms with E-state index >= 15 is 0 Å². The predicted molar refractivity (Wildman–Crippen MR) is 123 cm³/mol. The molecule has 0 spiro atoms. The zero-order valence-electron chi connectivity index (χ0n) is 17.3. The summed E-state index contributed by atoms with van der Waals surface area (Å²) in [7, 11) is 0. The molecule has 0 unspecified atom stereocenters. The van der Waals surface area contributed by atoms with Crippen molar-refractivity contribution in [1.82, 2.24) is 20.2 Å². The van der Waals surface area contributed by atoms with Gasteiger partial charge >= 0.3 is 0 Å². The third kappa shape index (κ3) is 3.92. The summed E-state index contributed by atoms with van der Waals surface area (Å²) in [4.78, 5) is 24.3. The molecule has 5 rings (SSSR count). The number of carbonyl (C=O) groups is 2. The Morgan fingerprint density at radius 3 is 2.72 bits per heavy atom. The summed E-state index contributed by atoms with van der Waals surface area (Å²) in [5.74, 6) is 0.0754. The maximum atomic E-state index is 12.9. The standard InChI is InChI=1S/C24H19N5O2S/c1-15(30)25-19-6-4-7-20(13-19)29-24(26-27-28-29)32-14-23(31)18-10-9-17-11-16-5-2-3-8-21(16)22(17)12-18/h2-10,12-13H,11,14H2,1H3,(H,25,30). The number of nitrogens with zero attached hydrogens (tertiary/aromatic N) is 4. The van der Waals surface area contributed by atoms with Crippen LogP contribution in [-0.4, -0.2) is 37.7 Å². The van der Waals surface area contributed by atoms with Gasteiger partial charge in [-0.3, -0.25) is 9.59 Å². The SMILES string of the molecule is CC(=O)Nc1cccc(-n2nnnc2SCC(=O)c2ccc3c(c2)-c2ccccc2C3)c1. The van der Waals surface area contributed by atoms with Crippen LogP contribution < -0.4 is 5.32 Å². The van der Waals surface area contributed by atoms with E-state index in [4.69, 9.17) is 0 Å². The van der Waals surface area contributed by atoms with E-state index in [1.807, 2.05) is 42.5 Å². The zero-order valence-corrected chi connectivity index (χ0v) is 18.1. The first-order chi connectivity index (χ1) is 15.6. The lowest BCUT2D eigenvalue weighted by Crippen LogP contribution is -2.07. The van der Waals surface area contributed by atoms with Crippen LogP contribution in [0.3, 0.4) is 0 Å².